The van der Waals surface area contributed by atoms with Crippen LogP contribution in [0.3, 0.4) is 0 Å². The Hall–Kier alpha value is -0.790. The topological polar surface area (TPSA) is 26.3 Å². The molecule has 86 valence electrons. The number of ether oxygens (including phenoxy) is 1. The van der Waals surface area contributed by atoms with Gasteiger partial charge in [0, 0.05) is 6.42 Å². The molecule has 0 radical (unpaired) electrons. The molecule has 0 aromatic carbocycles. The van der Waals surface area contributed by atoms with Gasteiger partial charge in [-0.1, -0.05) is 33.3 Å². The van der Waals surface area contributed by atoms with E-state index in [1.54, 1.807) is 0 Å². The number of hydrogen-bond donors (Lipinski definition) is 0. The number of hydrogen-bond acceptors (Lipinski definition) is 2. The summed E-state index contributed by atoms with van der Waals surface area (Å²) in [6.07, 6.45) is 5.50. The van der Waals surface area contributed by atoms with Crippen molar-refractivity contribution in [3.63, 3.8) is 0 Å². The molecule has 1 fully saturated rings. The van der Waals surface area contributed by atoms with Crippen LogP contribution in [0.5, 0.6) is 0 Å². The molecular formula is C13H22O2. The first kappa shape index (κ1) is 12.3. The molecule has 2 atom stereocenters. The summed E-state index contributed by atoms with van der Waals surface area (Å²) in [7, 11) is 0. The van der Waals surface area contributed by atoms with Gasteiger partial charge in [0.15, 0.2) is 0 Å². The first-order chi connectivity index (χ1) is 7.05. The molecule has 0 unspecified atom stereocenters. The predicted octanol–water partition coefficient (Wildman–Crippen LogP) is 3.32. The maximum atomic E-state index is 11.9. The Bertz CT molecular complexity index is 245. The van der Waals surface area contributed by atoms with Gasteiger partial charge < -0.3 is 4.74 Å². The maximum absolute atomic E-state index is 11.9. The molecule has 1 heterocycles. The zero-order valence-corrected chi connectivity index (χ0v) is 10.1. The molecule has 2 nitrogen and oxygen atoms in total. The van der Waals surface area contributed by atoms with Gasteiger partial charge in [-0.3, -0.25) is 4.79 Å². The Labute approximate surface area is 92.7 Å². The third-order valence-corrected chi connectivity index (χ3v) is 3.29. The Morgan fingerprint density at radius 1 is 1.67 bits per heavy atom. The van der Waals surface area contributed by atoms with Crippen molar-refractivity contribution in [3.05, 3.63) is 12.7 Å². The number of rotatable bonds is 5. The molecule has 0 amide bonds. The van der Waals surface area contributed by atoms with Gasteiger partial charge in [0.1, 0.15) is 6.10 Å². The number of carbonyl (C=O) groups is 1. The molecule has 0 spiro atoms. The Kier molecular flexibility index (Phi) is 3.95. The molecule has 0 saturated carbocycles. The summed E-state index contributed by atoms with van der Waals surface area (Å²) >= 11 is 0. The molecule has 0 bridgehead atoms. The van der Waals surface area contributed by atoms with Gasteiger partial charge in [0.25, 0.3) is 0 Å². The van der Waals surface area contributed by atoms with Gasteiger partial charge in [-0.2, -0.15) is 0 Å². The second kappa shape index (κ2) is 4.82. The average molecular weight is 210 g/mol. The van der Waals surface area contributed by atoms with Crippen molar-refractivity contribution in [2.24, 2.45) is 11.3 Å². The highest BCUT2D eigenvalue weighted by molar-refractivity contribution is 5.79. The standard InChI is InChI=1S/C13H22O2/c1-5-7-13(8-6-2)9-11(10(3)4)15-12(13)14/h5,10-11H,1,6-9H2,2-4H3/t11-,13-/m0/s1. The fraction of sp³-hybridized carbons (Fsp3) is 0.769. The van der Waals surface area contributed by atoms with Crippen molar-refractivity contribution in [2.75, 3.05) is 0 Å². The quantitative estimate of drug-likeness (QED) is 0.514. The average Bonchev–Trinajstić information content (AvgIpc) is 2.46. The molecule has 0 N–H and O–H groups in total. The molecule has 2 heteroatoms. The minimum absolute atomic E-state index is 0.0112. The lowest BCUT2D eigenvalue weighted by atomic mass is 9.76. The van der Waals surface area contributed by atoms with Gasteiger partial charge in [-0.15, -0.1) is 6.58 Å². The van der Waals surface area contributed by atoms with Crippen molar-refractivity contribution >= 4 is 5.97 Å². The third kappa shape index (κ3) is 2.42. The lowest BCUT2D eigenvalue weighted by Crippen LogP contribution is -2.25. The third-order valence-electron chi connectivity index (χ3n) is 3.29. The number of esters is 1. The van der Waals surface area contributed by atoms with Gasteiger partial charge in [0.2, 0.25) is 0 Å². The van der Waals surface area contributed by atoms with Gasteiger partial charge in [-0.05, 0) is 18.8 Å². The minimum Gasteiger partial charge on any atom is -0.462 e. The summed E-state index contributed by atoms with van der Waals surface area (Å²) < 4.78 is 5.46. The molecule has 1 saturated heterocycles. The van der Waals surface area contributed by atoms with Crippen molar-refractivity contribution in [2.45, 2.75) is 52.6 Å². The van der Waals surface area contributed by atoms with E-state index in [0.29, 0.717) is 5.92 Å². The van der Waals surface area contributed by atoms with Gasteiger partial charge >= 0.3 is 5.97 Å². The van der Waals surface area contributed by atoms with Crippen molar-refractivity contribution < 1.29 is 9.53 Å². The van der Waals surface area contributed by atoms with Crippen LogP contribution in [-0.4, -0.2) is 12.1 Å². The van der Waals surface area contributed by atoms with Gasteiger partial charge in [0.05, 0.1) is 5.41 Å². The highest BCUT2D eigenvalue weighted by atomic mass is 16.6. The van der Waals surface area contributed by atoms with Gasteiger partial charge in [-0.25, -0.2) is 0 Å². The first-order valence-corrected chi connectivity index (χ1v) is 5.87. The zero-order chi connectivity index (χ0) is 11.5. The summed E-state index contributed by atoms with van der Waals surface area (Å²) in [4.78, 5) is 11.9. The van der Waals surface area contributed by atoms with Crippen LogP contribution in [0.4, 0.5) is 0 Å². The normalized spacial score (nSPS) is 30.7. The van der Waals surface area contributed by atoms with Crippen LogP contribution in [-0.2, 0) is 9.53 Å². The van der Waals surface area contributed by atoms with E-state index in [4.69, 9.17) is 4.74 Å². The Morgan fingerprint density at radius 3 is 2.73 bits per heavy atom. The van der Waals surface area contributed by atoms with E-state index in [0.717, 1.165) is 25.7 Å². The van der Waals surface area contributed by atoms with Crippen LogP contribution in [0.15, 0.2) is 12.7 Å². The van der Waals surface area contributed by atoms with E-state index in [-0.39, 0.29) is 17.5 Å². The second-order valence-electron chi connectivity index (χ2n) is 4.92. The molecule has 1 aliphatic heterocycles. The van der Waals surface area contributed by atoms with E-state index < -0.39 is 0 Å². The molecule has 0 aliphatic carbocycles. The van der Waals surface area contributed by atoms with Crippen LogP contribution in [0.2, 0.25) is 0 Å². The molecule has 15 heavy (non-hydrogen) atoms. The van der Waals surface area contributed by atoms with E-state index in [1.807, 2.05) is 6.08 Å². The SMILES string of the molecule is C=CC[C@]1(CCC)C[C@@H](C(C)C)OC1=O. The summed E-state index contributed by atoms with van der Waals surface area (Å²) in [5, 5.41) is 0. The molecule has 0 aromatic heterocycles. The zero-order valence-electron chi connectivity index (χ0n) is 10.1. The van der Waals surface area contributed by atoms with Crippen molar-refractivity contribution in [3.8, 4) is 0 Å². The van der Waals surface area contributed by atoms with Crippen LogP contribution >= 0.6 is 0 Å². The molecular weight excluding hydrogens is 188 g/mol. The smallest absolute Gasteiger partial charge is 0.312 e. The van der Waals surface area contributed by atoms with Crippen LogP contribution < -0.4 is 0 Å². The summed E-state index contributed by atoms with van der Waals surface area (Å²) in [6.45, 7) is 10.1. The minimum atomic E-state index is -0.272. The molecule has 1 aliphatic rings. The summed E-state index contributed by atoms with van der Waals surface area (Å²) in [5.41, 5.74) is -0.272. The Morgan fingerprint density at radius 2 is 2.33 bits per heavy atom. The Balaban J connectivity index is 2.80. The first-order valence-electron chi connectivity index (χ1n) is 5.87. The molecule has 1 rings (SSSR count). The highest BCUT2D eigenvalue weighted by Crippen LogP contribution is 2.43. The lowest BCUT2D eigenvalue weighted by molar-refractivity contribution is -0.150. The monoisotopic (exact) mass is 210 g/mol. The number of allylic oxidation sites excluding steroid dienone is 1. The van der Waals surface area contributed by atoms with E-state index in [2.05, 4.69) is 27.4 Å². The van der Waals surface area contributed by atoms with E-state index in [9.17, 15) is 4.79 Å². The highest BCUT2D eigenvalue weighted by Gasteiger charge is 2.47. The van der Waals surface area contributed by atoms with E-state index in [1.165, 1.54) is 0 Å². The maximum Gasteiger partial charge on any atom is 0.312 e. The predicted molar refractivity (Wildman–Crippen MR) is 61.5 cm³/mol. The van der Waals surface area contributed by atoms with E-state index >= 15 is 0 Å². The van der Waals surface area contributed by atoms with Crippen LogP contribution in [0.25, 0.3) is 0 Å². The largest absolute Gasteiger partial charge is 0.462 e. The lowest BCUT2D eigenvalue weighted by Gasteiger charge is -2.22. The van der Waals surface area contributed by atoms with Crippen LogP contribution in [0.1, 0.15) is 46.5 Å². The summed E-state index contributed by atoms with van der Waals surface area (Å²) in [6, 6.07) is 0. The number of cyclic esters (lactones) is 1. The fourth-order valence-electron chi connectivity index (χ4n) is 2.37. The van der Waals surface area contributed by atoms with Crippen LogP contribution in [0, 0.1) is 11.3 Å². The fourth-order valence-corrected chi connectivity index (χ4v) is 2.37. The second-order valence-corrected chi connectivity index (χ2v) is 4.92. The molecule has 0 aromatic rings. The number of carbonyl (C=O) groups excluding carboxylic acids is 1. The van der Waals surface area contributed by atoms with Crippen molar-refractivity contribution in [1.82, 2.24) is 0 Å². The summed E-state index contributed by atoms with van der Waals surface area (Å²) in [5.74, 6) is 0.403. The van der Waals surface area contributed by atoms with Crippen molar-refractivity contribution in [1.29, 1.82) is 0 Å².